The average Bonchev–Trinajstić information content (AvgIpc) is 3.83. The highest BCUT2D eigenvalue weighted by Gasteiger charge is 2.09. The molecule has 0 aliphatic carbocycles. The van der Waals surface area contributed by atoms with E-state index in [-0.39, 0.29) is 0 Å². The molecule has 44 heavy (non-hydrogen) atoms. The van der Waals surface area contributed by atoms with Gasteiger partial charge in [-0.3, -0.25) is 9.13 Å². The first kappa shape index (κ1) is 24.5. The molecule has 0 aliphatic heterocycles. The van der Waals surface area contributed by atoms with E-state index in [0.717, 1.165) is 77.3 Å². The summed E-state index contributed by atoms with van der Waals surface area (Å²) in [6, 6.07) is 46.2. The number of rotatable bonds is 2. The predicted molar refractivity (Wildman–Crippen MR) is 181 cm³/mol. The fourth-order valence-corrected chi connectivity index (χ4v) is 6.23. The lowest BCUT2D eigenvalue weighted by Gasteiger charge is -2.02. The van der Waals surface area contributed by atoms with Crippen molar-refractivity contribution < 1.29 is 0 Å². The Morgan fingerprint density at radius 2 is 0.727 bits per heavy atom. The van der Waals surface area contributed by atoms with E-state index in [2.05, 4.69) is 153 Å². The molecular weight excluding hydrogens is 540 g/mol. The van der Waals surface area contributed by atoms with Crippen molar-refractivity contribution in [3.63, 3.8) is 0 Å². The van der Waals surface area contributed by atoms with E-state index in [0.29, 0.717) is 0 Å². The Labute approximate surface area is 251 Å². The van der Waals surface area contributed by atoms with E-state index in [1.165, 1.54) is 0 Å². The number of nitrogens with one attached hydrogen (secondary N) is 2. The van der Waals surface area contributed by atoms with Crippen LogP contribution in [-0.4, -0.2) is 29.1 Å². The minimum atomic E-state index is 0.839. The number of H-pyrrole nitrogens is 2. The van der Waals surface area contributed by atoms with Gasteiger partial charge in [0, 0.05) is 68.5 Å². The van der Waals surface area contributed by atoms with Gasteiger partial charge in [0.25, 0.3) is 0 Å². The summed E-state index contributed by atoms with van der Waals surface area (Å²) in [5.74, 6) is 0. The largest absolute Gasteiger partial charge is 0.354 e. The molecule has 0 atom stereocenters. The third-order valence-corrected chi connectivity index (χ3v) is 8.26. The SMILES string of the molecule is c1ccc(-n2cc3cc4[nH]c(cc5nc(cc6[nH]c(cc2n3)c2ccccc62)cn5-c2ccccc2)c2ccccc42)cc1. The van der Waals surface area contributed by atoms with Crippen LogP contribution in [0.3, 0.4) is 0 Å². The summed E-state index contributed by atoms with van der Waals surface area (Å²) in [6.07, 6.45) is 4.20. The minimum Gasteiger partial charge on any atom is -0.354 e. The number of aromatic nitrogens is 6. The van der Waals surface area contributed by atoms with Crippen molar-refractivity contribution in [2.75, 3.05) is 0 Å². The summed E-state index contributed by atoms with van der Waals surface area (Å²) in [6.45, 7) is 0. The smallest absolute Gasteiger partial charge is 0.139 e. The molecule has 6 heteroatoms. The zero-order chi connectivity index (χ0) is 29.0. The summed E-state index contributed by atoms with van der Waals surface area (Å²) in [5.41, 5.74) is 9.50. The van der Waals surface area contributed by atoms with E-state index in [9.17, 15) is 0 Å². The van der Waals surface area contributed by atoms with Crippen LogP contribution in [0.25, 0.3) is 77.3 Å². The van der Waals surface area contributed by atoms with Gasteiger partial charge >= 0.3 is 0 Å². The van der Waals surface area contributed by atoms with E-state index < -0.39 is 0 Å². The number of hydrogen-bond acceptors (Lipinski definition) is 2. The van der Waals surface area contributed by atoms with E-state index in [4.69, 9.17) is 9.97 Å². The zero-order valence-electron chi connectivity index (χ0n) is 23.6. The highest BCUT2D eigenvalue weighted by atomic mass is 15.1. The van der Waals surface area contributed by atoms with Crippen molar-refractivity contribution in [3.8, 4) is 11.4 Å². The molecule has 0 unspecified atom stereocenters. The Bertz CT molecular complexity index is 2420. The molecule has 0 spiro atoms. The molecule has 8 bridgehead atoms. The molecule has 0 saturated heterocycles. The third-order valence-electron chi connectivity index (χ3n) is 8.26. The maximum Gasteiger partial charge on any atom is 0.139 e. The Morgan fingerprint density at radius 1 is 0.386 bits per heavy atom. The fraction of sp³-hybridized carbons (Fsp3) is 0. The summed E-state index contributed by atoms with van der Waals surface area (Å²) in [5, 5.41) is 4.52. The quantitative estimate of drug-likeness (QED) is 0.219. The number of hydrogen-bond donors (Lipinski definition) is 2. The van der Waals surface area contributed by atoms with E-state index in [1.54, 1.807) is 0 Å². The maximum atomic E-state index is 5.14. The van der Waals surface area contributed by atoms with E-state index in [1.807, 2.05) is 12.1 Å². The van der Waals surface area contributed by atoms with Crippen LogP contribution in [0.15, 0.2) is 146 Å². The highest BCUT2D eigenvalue weighted by molar-refractivity contribution is 6.09. The number of nitrogens with zero attached hydrogens (tertiary/aromatic N) is 4. The second kappa shape index (κ2) is 9.71. The van der Waals surface area contributed by atoms with Crippen LogP contribution >= 0.6 is 0 Å². The number of imidazole rings is 2. The lowest BCUT2D eigenvalue weighted by Crippen LogP contribution is -1.90. The van der Waals surface area contributed by atoms with E-state index >= 15 is 0 Å². The lowest BCUT2D eigenvalue weighted by molar-refractivity contribution is 1.12. The van der Waals surface area contributed by atoms with Crippen molar-refractivity contribution in [3.05, 3.63) is 146 Å². The minimum absolute atomic E-state index is 0.839. The van der Waals surface area contributed by atoms with Crippen molar-refractivity contribution in [1.82, 2.24) is 29.1 Å². The maximum absolute atomic E-state index is 5.14. The predicted octanol–water partition coefficient (Wildman–Crippen LogP) is 9.32. The van der Waals surface area contributed by atoms with Crippen LogP contribution in [0.1, 0.15) is 0 Å². The van der Waals surface area contributed by atoms with Gasteiger partial charge in [0.15, 0.2) is 0 Å². The number of aromatic amines is 2. The van der Waals surface area contributed by atoms with Gasteiger partial charge in [0.1, 0.15) is 11.3 Å². The van der Waals surface area contributed by atoms with Gasteiger partial charge in [-0.25, -0.2) is 9.97 Å². The molecule has 6 nitrogen and oxygen atoms in total. The molecule has 9 rings (SSSR count). The second-order valence-corrected chi connectivity index (χ2v) is 11.0. The lowest BCUT2D eigenvalue weighted by atomic mass is 10.2. The van der Waals surface area contributed by atoms with Crippen LogP contribution in [0.4, 0.5) is 0 Å². The van der Waals surface area contributed by atoms with Gasteiger partial charge in [0.05, 0.1) is 22.1 Å². The van der Waals surface area contributed by atoms with Gasteiger partial charge in [0.2, 0.25) is 0 Å². The molecule has 0 amide bonds. The Balaban J connectivity index is 1.48. The van der Waals surface area contributed by atoms with Gasteiger partial charge < -0.3 is 9.97 Å². The first-order valence-corrected chi connectivity index (χ1v) is 14.7. The normalized spacial score (nSPS) is 11.6. The van der Waals surface area contributed by atoms with Crippen LogP contribution in [0, 0.1) is 0 Å². The molecule has 5 heterocycles. The standard InChI is InChI=1S/C38H26N6/c1-3-11-27(12-4-1)43-23-25-19-33-30-16-8-10-18-32(30)36(42-33)22-38-40-26(24-44(38)28-13-5-2-6-14-28)20-34-29-15-7-9-17-31(29)35(41-34)21-37(43)39-25/h1-24,41-42H. The molecule has 2 N–H and O–H groups in total. The molecule has 9 aromatic rings. The van der Waals surface area contributed by atoms with Gasteiger partial charge in [-0.2, -0.15) is 0 Å². The fourth-order valence-electron chi connectivity index (χ4n) is 6.23. The van der Waals surface area contributed by atoms with Crippen LogP contribution in [-0.2, 0) is 0 Å². The molecule has 4 aromatic carbocycles. The van der Waals surface area contributed by atoms with Crippen molar-refractivity contribution in [2.45, 2.75) is 0 Å². The van der Waals surface area contributed by atoms with Gasteiger partial charge in [-0.05, 0) is 36.4 Å². The molecule has 0 saturated carbocycles. The van der Waals surface area contributed by atoms with Crippen LogP contribution < -0.4 is 0 Å². The zero-order valence-corrected chi connectivity index (χ0v) is 23.6. The Hall–Kier alpha value is -6.14. The Kier molecular flexibility index (Phi) is 5.40. The summed E-state index contributed by atoms with van der Waals surface area (Å²) < 4.78 is 4.29. The average molecular weight is 567 g/mol. The molecule has 208 valence electrons. The summed E-state index contributed by atoms with van der Waals surface area (Å²) in [4.78, 5) is 17.7. The van der Waals surface area contributed by atoms with Crippen molar-refractivity contribution in [2.24, 2.45) is 0 Å². The monoisotopic (exact) mass is 566 g/mol. The highest BCUT2D eigenvalue weighted by Crippen LogP contribution is 2.29. The molecule has 0 fully saturated rings. The first-order valence-electron chi connectivity index (χ1n) is 14.7. The third kappa shape index (κ3) is 4.04. The number of para-hydroxylation sites is 2. The van der Waals surface area contributed by atoms with Crippen LogP contribution in [0.5, 0.6) is 0 Å². The first-order chi connectivity index (χ1) is 21.8. The molecule has 5 aromatic heterocycles. The molecule has 0 radical (unpaired) electrons. The van der Waals surface area contributed by atoms with Crippen LogP contribution in [0.2, 0.25) is 0 Å². The van der Waals surface area contributed by atoms with Gasteiger partial charge in [-0.15, -0.1) is 0 Å². The van der Waals surface area contributed by atoms with Gasteiger partial charge in [-0.1, -0.05) is 84.9 Å². The molecular formula is C38H26N6. The number of fused-ring (bicyclic) bond motifs is 14. The topological polar surface area (TPSA) is 67.2 Å². The van der Waals surface area contributed by atoms with Crippen molar-refractivity contribution >= 4 is 65.9 Å². The summed E-state index contributed by atoms with van der Waals surface area (Å²) in [7, 11) is 0. The second-order valence-electron chi connectivity index (χ2n) is 11.0. The number of benzene rings is 4. The molecule has 0 aliphatic rings. The summed E-state index contributed by atoms with van der Waals surface area (Å²) >= 11 is 0. The van der Waals surface area contributed by atoms with Crippen molar-refractivity contribution in [1.29, 1.82) is 0 Å². The Morgan fingerprint density at radius 3 is 1.11 bits per heavy atom.